The molecule has 1 fully saturated rings. The van der Waals surface area contributed by atoms with Gasteiger partial charge in [-0.15, -0.1) is 0 Å². The number of imide groups is 1. The zero-order valence-corrected chi connectivity index (χ0v) is 11.7. The second-order valence-corrected chi connectivity index (χ2v) is 5.62. The molecule has 0 bridgehead atoms. The van der Waals surface area contributed by atoms with Gasteiger partial charge in [0.25, 0.3) is 0 Å². The van der Waals surface area contributed by atoms with E-state index in [1.54, 1.807) is 6.92 Å². The predicted molar refractivity (Wildman–Crippen MR) is 66.8 cm³/mol. The van der Waals surface area contributed by atoms with E-state index in [-0.39, 0.29) is 30.4 Å². The number of hydrogen-bond acceptors (Lipinski definition) is 4. The van der Waals surface area contributed by atoms with Gasteiger partial charge in [0.2, 0.25) is 5.91 Å². The van der Waals surface area contributed by atoms with E-state index in [0.717, 1.165) is 0 Å². The Morgan fingerprint density at radius 3 is 2.33 bits per heavy atom. The summed E-state index contributed by atoms with van der Waals surface area (Å²) < 4.78 is 4.94. The Morgan fingerprint density at radius 2 is 1.89 bits per heavy atom. The van der Waals surface area contributed by atoms with E-state index in [1.807, 2.05) is 27.7 Å². The van der Waals surface area contributed by atoms with E-state index < -0.39 is 18.1 Å². The van der Waals surface area contributed by atoms with Gasteiger partial charge in [0.05, 0.1) is 18.1 Å². The molecule has 0 aromatic heterocycles. The SMILES string of the molecule is CC(C)[C@H]1COC(=O)N1C(=O)[C@@H](C)[C@@H](O)C(C)C. The number of rotatable bonds is 4. The van der Waals surface area contributed by atoms with Gasteiger partial charge in [-0.2, -0.15) is 0 Å². The van der Waals surface area contributed by atoms with Crippen LogP contribution < -0.4 is 0 Å². The number of carbonyl (C=O) groups excluding carboxylic acids is 2. The van der Waals surface area contributed by atoms with Gasteiger partial charge in [-0.3, -0.25) is 4.79 Å². The van der Waals surface area contributed by atoms with Crippen LogP contribution in [-0.2, 0) is 9.53 Å². The fourth-order valence-corrected chi connectivity index (χ4v) is 2.12. The number of cyclic esters (lactones) is 1. The second-order valence-electron chi connectivity index (χ2n) is 5.62. The Morgan fingerprint density at radius 1 is 1.33 bits per heavy atom. The number of carbonyl (C=O) groups is 2. The van der Waals surface area contributed by atoms with Crippen LogP contribution in [0.25, 0.3) is 0 Å². The molecular weight excluding hydrogens is 234 g/mol. The molecule has 5 nitrogen and oxygen atoms in total. The topological polar surface area (TPSA) is 66.8 Å². The van der Waals surface area contributed by atoms with Crippen LogP contribution in [0.5, 0.6) is 0 Å². The Labute approximate surface area is 108 Å². The highest BCUT2D eigenvalue weighted by Crippen LogP contribution is 2.24. The van der Waals surface area contributed by atoms with Crippen molar-refractivity contribution in [1.82, 2.24) is 4.90 Å². The zero-order valence-electron chi connectivity index (χ0n) is 11.7. The van der Waals surface area contributed by atoms with Crippen LogP contribution >= 0.6 is 0 Å². The fourth-order valence-electron chi connectivity index (χ4n) is 2.12. The summed E-state index contributed by atoms with van der Waals surface area (Å²) >= 11 is 0. The first-order valence-electron chi connectivity index (χ1n) is 6.45. The van der Waals surface area contributed by atoms with Crippen molar-refractivity contribution in [2.24, 2.45) is 17.8 Å². The molecule has 1 aliphatic rings. The first-order valence-corrected chi connectivity index (χ1v) is 6.45. The minimum atomic E-state index is -0.751. The van der Waals surface area contributed by atoms with E-state index in [9.17, 15) is 14.7 Å². The van der Waals surface area contributed by atoms with Crippen molar-refractivity contribution in [3.63, 3.8) is 0 Å². The zero-order chi connectivity index (χ0) is 14.0. The molecule has 0 radical (unpaired) electrons. The molecule has 2 amide bonds. The molecule has 0 spiro atoms. The highest BCUT2D eigenvalue weighted by Gasteiger charge is 2.42. The maximum absolute atomic E-state index is 12.3. The minimum Gasteiger partial charge on any atom is -0.447 e. The van der Waals surface area contributed by atoms with Gasteiger partial charge in [0.15, 0.2) is 0 Å². The lowest BCUT2D eigenvalue weighted by Crippen LogP contribution is -2.47. The van der Waals surface area contributed by atoms with Crippen LogP contribution in [0.15, 0.2) is 0 Å². The maximum Gasteiger partial charge on any atom is 0.416 e. The Balaban J connectivity index is 2.84. The summed E-state index contributed by atoms with van der Waals surface area (Å²) in [5.41, 5.74) is 0. The monoisotopic (exact) mass is 257 g/mol. The van der Waals surface area contributed by atoms with Gasteiger partial charge in [0.1, 0.15) is 6.61 Å². The molecule has 1 rings (SSSR count). The van der Waals surface area contributed by atoms with Gasteiger partial charge in [-0.05, 0) is 11.8 Å². The van der Waals surface area contributed by atoms with Crippen molar-refractivity contribution >= 4 is 12.0 Å². The molecular formula is C13H23NO4. The summed E-state index contributed by atoms with van der Waals surface area (Å²) in [5.74, 6) is -0.835. The standard InChI is InChI=1S/C13H23NO4/c1-7(2)10-6-18-13(17)14(10)12(16)9(5)11(15)8(3)4/h7-11,15H,6H2,1-5H3/t9-,10+,11-/m0/s1. The number of nitrogens with zero attached hydrogens (tertiary/aromatic N) is 1. The molecule has 0 aromatic rings. The third-order valence-corrected chi connectivity index (χ3v) is 3.50. The first kappa shape index (κ1) is 15.0. The summed E-state index contributed by atoms with van der Waals surface area (Å²) in [6.45, 7) is 9.46. The van der Waals surface area contributed by atoms with Gasteiger partial charge in [-0.1, -0.05) is 34.6 Å². The van der Waals surface area contributed by atoms with Crippen molar-refractivity contribution in [2.75, 3.05) is 6.61 Å². The molecule has 18 heavy (non-hydrogen) atoms. The smallest absolute Gasteiger partial charge is 0.416 e. The minimum absolute atomic E-state index is 0.0277. The van der Waals surface area contributed by atoms with Crippen molar-refractivity contribution in [1.29, 1.82) is 0 Å². The number of amides is 2. The van der Waals surface area contributed by atoms with E-state index in [0.29, 0.717) is 0 Å². The van der Waals surface area contributed by atoms with Gasteiger partial charge >= 0.3 is 6.09 Å². The van der Waals surface area contributed by atoms with Crippen LogP contribution in [0.2, 0.25) is 0 Å². The van der Waals surface area contributed by atoms with Crippen LogP contribution in [0.3, 0.4) is 0 Å². The van der Waals surface area contributed by atoms with E-state index >= 15 is 0 Å². The molecule has 1 aliphatic heterocycles. The quantitative estimate of drug-likeness (QED) is 0.831. The van der Waals surface area contributed by atoms with E-state index in [4.69, 9.17) is 4.74 Å². The molecule has 1 N–H and O–H groups in total. The number of aliphatic hydroxyl groups excluding tert-OH is 1. The van der Waals surface area contributed by atoms with Crippen molar-refractivity contribution < 1.29 is 19.4 Å². The second kappa shape index (κ2) is 5.69. The summed E-state index contributed by atoms with van der Waals surface area (Å²) in [6, 6.07) is -0.230. The highest BCUT2D eigenvalue weighted by molar-refractivity contribution is 5.94. The predicted octanol–water partition coefficient (Wildman–Crippen LogP) is 1.64. The van der Waals surface area contributed by atoms with Gasteiger partial charge in [0, 0.05) is 0 Å². The summed E-state index contributed by atoms with van der Waals surface area (Å²) in [7, 11) is 0. The molecule has 1 heterocycles. The summed E-state index contributed by atoms with van der Waals surface area (Å²) in [6.07, 6.45) is -1.35. The molecule has 0 aliphatic carbocycles. The maximum atomic E-state index is 12.3. The lowest BCUT2D eigenvalue weighted by Gasteiger charge is -2.28. The normalized spacial score (nSPS) is 23.4. The summed E-state index contributed by atoms with van der Waals surface area (Å²) in [5, 5.41) is 9.94. The molecule has 3 atom stereocenters. The molecule has 0 saturated carbocycles. The van der Waals surface area contributed by atoms with Crippen molar-refractivity contribution in [2.45, 2.75) is 46.8 Å². The van der Waals surface area contributed by atoms with E-state index in [1.165, 1.54) is 4.90 Å². The van der Waals surface area contributed by atoms with Crippen LogP contribution in [0.1, 0.15) is 34.6 Å². The lowest BCUT2D eigenvalue weighted by atomic mass is 9.92. The molecule has 1 saturated heterocycles. The number of ether oxygens (including phenoxy) is 1. The highest BCUT2D eigenvalue weighted by atomic mass is 16.6. The molecule has 5 heteroatoms. The van der Waals surface area contributed by atoms with Crippen molar-refractivity contribution in [3.05, 3.63) is 0 Å². The number of aliphatic hydroxyl groups is 1. The average molecular weight is 257 g/mol. The van der Waals surface area contributed by atoms with Crippen LogP contribution in [-0.4, -0.2) is 40.8 Å². The molecule has 104 valence electrons. The Hall–Kier alpha value is -1.10. The van der Waals surface area contributed by atoms with E-state index in [2.05, 4.69) is 0 Å². The first-order chi connectivity index (χ1) is 8.27. The number of hydrogen-bond donors (Lipinski definition) is 1. The third-order valence-electron chi connectivity index (χ3n) is 3.50. The summed E-state index contributed by atoms with van der Waals surface area (Å²) in [4.78, 5) is 25.1. The van der Waals surface area contributed by atoms with Gasteiger partial charge < -0.3 is 9.84 Å². The lowest BCUT2D eigenvalue weighted by molar-refractivity contribution is -0.138. The average Bonchev–Trinajstić information content (AvgIpc) is 2.68. The van der Waals surface area contributed by atoms with Crippen LogP contribution in [0, 0.1) is 17.8 Å². The van der Waals surface area contributed by atoms with Crippen molar-refractivity contribution in [3.8, 4) is 0 Å². The Kier molecular flexibility index (Phi) is 4.73. The Bertz CT molecular complexity index is 327. The van der Waals surface area contributed by atoms with Crippen LogP contribution in [0.4, 0.5) is 4.79 Å². The molecule has 0 unspecified atom stereocenters. The molecule has 0 aromatic carbocycles. The third kappa shape index (κ3) is 2.83. The van der Waals surface area contributed by atoms with Gasteiger partial charge in [-0.25, -0.2) is 9.69 Å². The largest absolute Gasteiger partial charge is 0.447 e. The fraction of sp³-hybridized carbons (Fsp3) is 0.846.